The Balaban J connectivity index is 2.17. The van der Waals surface area contributed by atoms with E-state index in [0.29, 0.717) is 0 Å². The average molecular weight is 345 g/mol. The summed E-state index contributed by atoms with van der Waals surface area (Å²) in [7, 11) is 0. The summed E-state index contributed by atoms with van der Waals surface area (Å²) >= 11 is 5.83. The van der Waals surface area contributed by atoms with Crippen LogP contribution in [0.5, 0.6) is 0 Å². The summed E-state index contributed by atoms with van der Waals surface area (Å²) in [6, 6.07) is 0. The molecule has 0 aliphatic carbocycles. The molecule has 6 N–H and O–H groups in total. The Hall–Kier alpha value is -0.0700. The van der Waals surface area contributed by atoms with Crippen molar-refractivity contribution in [2.45, 2.75) is 61.0 Å². The summed E-state index contributed by atoms with van der Waals surface area (Å²) in [5.41, 5.74) is 0. The third-order valence-corrected chi connectivity index (χ3v) is 4.51. The first-order valence-corrected chi connectivity index (χ1v) is 7.30. The lowest BCUT2D eigenvalue weighted by atomic mass is 10.0. The summed E-state index contributed by atoms with van der Waals surface area (Å²) in [6.07, 6.45) is -9.36. The normalized spacial score (nSPS) is 52.9. The van der Waals surface area contributed by atoms with Crippen LogP contribution in [-0.2, 0) is 14.2 Å². The molecule has 10 heteroatoms. The van der Waals surface area contributed by atoms with E-state index in [9.17, 15) is 30.6 Å². The maximum absolute atomic E-state index is 10.0. The van der Waals surface area contributed by atoms with E-state index in [1.165, 1.54) is 6.92 Å². The number of halogens is 1. The first-order valence-electron chi connectivity index (χ1n) is 6.86. The second-order valence-corrected chi connectivity index (χ2v) is 6.00. The van der Waals surface area contributed by atoms with Crippen molar-refractivity contribution in [1.82, 2.24) is 0 Å². The maximum atomic E-state index is 10.0. The topological polar surface area (TPSA) is 149 Å². The first-order chi connectivity index (χ1) is 10.3. The Morgan fingerprint density at radius 2 is 1.73 bits per heavy atom. The van der Waals surface area contributed by atoms with Gasteiger partial charge in [-0.25, -0.2) is 0 Å². The molecule has 0 aromatic carbocycles. The molecule has 9 atom stereocenters. The zero-order valence-electron chi connectivity index (χ0n) is 11.8. The molecule has 130 valence electrons. The summed E-state index contributed by atoms with van der Waals surface area (Å²) in [4.78, 5) is 0. The Morgan fingerprint density at radius 1 is 1.09 bits per heavy atom. The van der Waals surface area contributed by atoms with E-state index in [4.69, 9.17) is 25.8 Å². The molecule has 2 fully saturated rings. The van der Waals surface area contributed by atoms with E-state index >= 15 is 0 Å². The van der Waals surface area contributed by atoms with Crippen molar-refractivity contribution in [2.75, 3.05) is 13.2 Å². The van der Waals surface area contributed by atoms with Crippen molar-refractivity contribution in [3.63, 3.8) is 0 Å². The highest BCUT2D eigenvalue weighted by molar-refractivity contribution is 6.21. The lowest BCUT2D eigenvalue weighted by molar-refractivity contribution is -0.371. The molecule has 2 saturated heterocycles. The van der Waals surface area contributed by atoms with Crippen molar-refractivity contribution in [2.24, 2.45) is 0 Å². The van der Waals surface area contributed by atoms with Gasteiger partial charge in [0, 0.05) is 0 Å². The number of rotatable bonds is 4. The summed E-state index contributed by atoms with van der Waals surface area (Å²) in [5.74, 6) is -2.02. The van der Waals surface area contributed by atoms with Crippen molar-refractivity contribution in [3.8, 4) is 0 Å². The SMILES string of the molecule is C[C@H]1OC(CO)(O[C@H]2O[C@H](CO)[C@H](Cl)[C@H](O)[C@H]2O)[C@@H](O)[C@@H]1O. The van der Waals surface area contributed by atoms with Crippen LogP contribution in [0, 0.1) is 0 Å². The molecule has 0 amide bonds. The molecule has 2 aliphatic rings. The van der Waals surface area contributed by atoms with Gasteiger partial charge in [0.1, 0.15) is 37.1 Å². The number of aliphatic hydroxyl groups is 6. The zero-order chi connectivity index (χ0) is 16.7. The third-order valence-electron chi connectivity index (χ3n) is 3.98. The largest absolute Gasteiger partial charge is 0.394 e. The molecule has 0 bridgehead atoms. The molecule has 9 nitrogen and oxygen atoms in total. The van der Waals surface area contributed by atoms with E-state index in [1.54, 1.807) is 0 Å². The molecule has 0 aromatic heterocycles. The summed E-state index contributed by atoms with van der Waals surface area (Å²) in [6.45, 7) is 0.103. The van der Waals surface area contributed by atoms with Crippen molar-refractivity contribution in [3.05, 3.63) is 0 Å². The summed E-state index contributed by atoms with van der Waals surface area (Å²) < 4.78 is 15.8. The predicted octanol–water partition coefficient (Wildman–Crippen LogP) is -3.12. The van der Waals surface area contributed by atoms with Crippen molar-refractivity contribution >= 4 is 11.6 Å². The van der Waals surface area contributed by atoms with Gasteiger partial charge in [-0.15, -0.1) is 11.6 Å². The Kier molecular flexibility index (Phi) is 5.66. The minimum absolute atomic E-state index is 0.535. The Bertz CT molecular complexity index is 384. The lowest BCUT2D eigenvalue weighted by Gasteiger charge is -2.43. The Morgan fingerprint density at radius 3 is 2.18 bits per heavy atom. The quantitative estimate of drug-likeness (QED) is 0.291. The molecule has 0 aromatic rings. The molecule has 2 aliphatic heterocycles. The van der Waals surface area contributed by atoms with Crippen LogP contribution in [0.25, 0.3) is 0 Å². The number of aliphatic hydroxyl groups excluding tert-OH is 6. The third kappa shape index (κ3) is 2.98. The molecule has 2 heterocycles. The monoisotopic (exact) mass is 344 g/mol. The minimum Gasteiger partial charge on any atom is -0.394 e. The maximum Gasteiger partial charge on any atom is 0.223 e. The lowest BCUT2D eigenvalue weighted by Crippen LogP contribution is -2.61. The molecular weight excluding hydrogens is 324 g/mol. The van der Waals surface area contributed by atoms with E-state index in [2.05, 4.69) is 0 Å². The van der Waals surface area contributed by atoms with E-state index in [1.807, 2.05) is 0 Å². The van der Waals surface area contributed by atoms with Crippen LogP contribution in [0.2, 0.25) is 0 Å². The van der Waals surface area contributed by atoms with Gasteiger partial charge in [0.05, 0.1) is 18.1 Å². The van der Waals surface area contributed by atoms with Crippen LogP contribution >= 0.6 is 11.6 Å². The smallest absolute Gasteiger partial charge is 0.223 e. The molecule has 2 rings (SSSR count). The van der Waals surface area contributed by atoms with E-state index in [-0.39, 0.29) is 0 Å². The fourth-order valence-electron chi connectivity index (χ4n) is 2.57. The molecule has 0 saturated carbocycles. The van der Waals surface area contributed by atoms with E-state index < -0.39 is 67.3 Å². The van der Waals surface area contributed by atoms with Gasteiger partial charge < -0.3 is 44.8 Å². The van der Waals surface area contributed by atoms with Gasteiger partial charge in [0.15, 0.2) is 6.29 Å². The molecule has 0 spiro atoms. The second kappa shape index (κ2) is 6.81. The molecule has 0 radical (unpaired) electrons. The number of alkyl halides is 1. The first kappa shape index (κ1) is 18.3. The van der Waals surface area contributed by atoms with Gasteiger partial charge in [0.25, 0.3) is 0 Å². The number of hydrogen-bond donors (Lipinski definition) is 6. The zero-order valence-corrected chi connectivity index (χ0v) is 12.6. The van der Waals surface area contributed by atoms with E-state index in [0.717, 1.165) is 0 Å². The number of hydrogen-bond acceptors (Lipinski definition) is 9. The number of ether oxygens (including phenoxy) is 3. The van der Waals surface area contributed by atoms with Gasteiger partial charge in [-0.3, -0.25) is 0 Å². The van der Waals surface area contributed by atoms with Gasteiger partial charge in [-0.1, -0.05) is 0 Å². The fourth-order valence-corrected chi connectivity index (χ4v) is 2.86. The van der Waals surface area contributed by atoms with Gasteiger partial charge in [-0.2, -0.15) is 0 Å². The van der Waals surface area contributed by atoms with Gasteiger partial charge >= 0.3 is 0 Å². The highest BCUT2D eigenvalue weighted by Crippen LogP contribution is 2.36. The Labute approximate surface area is 131 Å². The van der Waals surface area contributed by atoms with Crippen LogP contribution in [0.1, 0.15) is 6.92 Å². The van der Waals surface area contributed by atoms with Crippen LogP contribution in [0.15, 0.2) is 0 Å². The highest BCUT2D eigenvalue weighted by Gasteiger charge is 2.57. The average Bonchev–Trinajstić information content (AvgIpc) is 2.72. The fraction of sp³-hybridized carbons (Fsp3) is 1.00. The standard InChI is InChI=1S/C12H21ClO9/c1-4-7(16)10(19)12(3-15,21-4)22-11-9(18)8(17)6(13)5(2-14)20-11/h4-11,14-19H,2-3H2,1H3/t4-,5-,6+,7-,8+,9-,10+,11-,12?/m1/s1. The molecule has 22 heavy (non-hydrogen) atoms. The van der Waals surface area contributed by atoms with Crippen LogP contribution in [-0.4, -0.2) is 97.9 Å². The van der Waals surface area contributed by atoms with Gasteiger partial charge in [0.2, 0.25) is 5.79 Å². The van der Waals surface area contributed by atoms with Crippen LogP contribution in [0.4, 0.5) is 0 Å². The predicted molar refractivity (Wildman–Crippen MR) is 70.9 cm³/mol. The van der Waals surface area contributed by atoms with Gasteiger partial charge in [-0.05, 0) is 6.92 Å². The van der Waals surface area contributed by atoms with Crippen molar-refractivity contribution < 1.29 is 44.8 Å². The van der Waals surface area contributed by atoms with Crippen molar-refractivity contribution in [1.29, 1.82) is 0 Å². The van der Waals surface area contributed by atoms with Crippen LogP contribution < -0.4 is 0 Å². The molecular formula is C12H21ClO9. The highest BCUT2D eigenvalue weighted by atomic mass is 35.5. The second-order valence-electron chi connectivity index (χ2n) is 5.50. The minimum atomic E-state index is -2.02. The summed E-state index contributed by atoms with van der Waals surface area (Å²) in [5, 5.41) is 57.1. The molecule has 1 unspecified atom stereocenters. The van der Waals surface area contributed by atoms with Crippen LogP contribution in [0.3, 0.4) is 0 Å².